The van der Waals surface area contributed by atoms with E-state index in [0.717, 1.165) is 26.4 Å². The summed E-state index contributed by atoms with van der Waals surface area (Å²) in [4.78, 5) is 0. The van der Waals surface area contributed by atoms with Gasteiger partial charge in [-0.05, 0) is 66.9 Å². The van der Waals surface area contributed by atoms with Crippen molar-refractivity contribution in [1.29, 1.82) is 0 Å². The Morgan fingerprint density at radius 3 is 2.45 bits per heavy atom. The van der Waals surface area contributed by atoms with Crippen molar-refractivity contribution >= 4 is 22.6 Å². The first-order valence-electron chi connectivity index (χ1n) is 6.43. The Morgan fingerprint density at radius 1 is 1.10 bits per heavy atom. The second-order valence-corrected chi connectivity index (χ2v) is 5.69. The lowest BCUT2D eigenvalue weighted by atomic mass is 10.1. The Morgan fingerprint density at radius 2 is 1.80 bits per heavy atom. The lowest BCUT2D eigenvalue weighted by Gasteiger charge is -2.19. The highest BCUT2D eigenvalue weighted by atomic mass is 127. The molecule has 0 aromatic heterocycles. The third kappa shape index (κ3) is 3.43. The van der Waals surface area contributed by atoms with E-state index < -0.39 is 0 Å². The first-order valence-corrected chi connectivity index (χ1v) is 7.51. The maximum Gasteiger partial charge on any atom is 0.135 e. The molecule has 0 amide bonds. The van der Waals surface area contributed by atoms with Gasteiger partial charge in [0, 0.05) is 9.61 Å². The highest BCUT2D eigenvalue weighted by Crippen LogP contribution is 2.36. The minimum absolute atomic E-state index is 0.143. The molecule has 0 aliphatic rings. The summed E-state index contributed by atoms with van der Waals surface area (Å²) in [5.74, 6) is 2.47. The molecule has 0 heterocycles. The molecule has 3 nitrogen and oxygen atoms in total. The lowest BCUT2D eigenvalue weighted by molar-refractivity contribution is 0.393. The summed E-state index contributed by atoms with van der Waals surface area (Å²) in [6, 6.07) is 14.0. The molecule has 2 aromatic rings. The summed E-state index contributed by atoms with van der Waals surface area (Å²) < 4.78 is 12.6. The van der Waals surface area contributed by atoms with Crippen molar-refractivity contribution < 1.29 is 9.47 Å². The van der Waals surface area contributed by atoms with E-state index in [9.17, 15) is 0 Å². The van der Waals surface area contributed by atoms with Crippen molar-refractivity contribution in [2.24, 2.45) is 0 Å². The predicted molar refractivity (Wildman–Crippen MR) is 89.7 cm³/mol. The van der Waals surface area contributed by atoms with Gasteiger partial charge >= 0.3 is 0 Å². The van der Waals surface area contributed by atoms with E-state index in [0.29, 0.717) is 0 Å². The molecule has 106 valence electrons. The van der Waals surface area contributed by atoms with Crippen molar-refractivity contribution in [3.63, 3.8) is 0 Å². The van der Waals surface area contributed by atoms with Gasteiger partial charge in [-0.3, -0.25) is 0 Å². The summed E-state index contributed by atoms with van der Waals surface area (Å²) in [6.07, 6.45) is 0. The molecule has 0 fully saturated rings. The quantitative estimate of drug-likeness (QED) is 0.778. The molecule has 0 saturated heterocycles. The van der Waals surface area contributed by atoms with Crippen molar-refractivity contribution in [3.8, 4) is 17.2 Å². The summed E-state index contributed by atoms with van der Waals surface area (Å²) in [7, 11) is 3.60. The van der Waals surface area contributed by atoms with Crippen LogP contribution in [0.15, 0.2) is 42.5 Å². The third-order valence-corrected chi connectivity index (χ3v) is 3.81. The van der Waals surface area contributed by atoms with E-state index in [1.165, 1.54) is 0 Å². The number of ether oxygens (including phenoxy) is 2. The second-order valence-electron chi connectivity index (χ2n) is 4.44. The molecule has 2 rings (SSSR count). The van der Waals surface area contributed by atoms with Crippen molar-refractivity contribution in [2.75, 3.05) is 14.2 Å². The Balaban J connectivity index is 2.40. The van der Waals surface area contributed by atoms with Crippen LogP contribution < -0.4 is 14.8 Å². The van der Waals surface area contributed by atoms with Crippen LogP contribution >= 0.6 is 22.6 Å². The van der Waals surface area contributed by atoms with E-state index in [1.54, 1.807) is 7.11 Å². The van der Waals surface area contributed by atoms with Crippen LogP contribution in [0, 0.1) is 3.57 Å². The molecule has 1 N–H and O–H groups in total. The molecule has 0 spiro atoms. The van der Waals surface area contributed by atoms with Gasteiger partial charge in [0.05, 0.1) is 12.7 Å². The Labute approximate surface area is 133 Å². The van der Waals surface area contributed by atoms with Crippen LogP contribution in [0.25, 0.3) is 0 Å². The van der Waals surface area contributed by atoms with Crippen LogP contribution in [0.4, 0.5) is 0 Å². The molecule has 2 aromatic carbocycles. The molecular formula is C16H18INO2. The third-order valence-electron chi connectivity index (χ3n) is 3.14. The van der Waals surface area contributed by atoms with Gasteiger partial charge in [0.15, 0.2) is 0 Å². The van der Waals surface area contributed by atoms with Crippen LogP contribution in [0.1, 0.15) is 18.5 Å². The Hall–Kier alpha value is -1.27. The number of methoxy groups -OCH3 is 1. The fourth-order valence-corrected chi connectivity index (χ4v) is 2.53. The topological polar surface area (TPSA) is 30.5 Å². The summed E-state index contributed by atoms with van der Waals surface area (Å²) in [6.45, 7) is 2.08. The van der Waals surface area contributed by atoms with Crippen LogP contribution in [-0.4, -0.2) is 14.2 Å². The Bertz CT molecular complexity index is 586. The van der Waals surface area contributed by atoms with Crippen molar-refractivity contribution in [3.05, 3.63) is 51.6 Å². The van der Waals surface area contributed by atoms with Crippen LogP contribution in [0.2, 0.25) is 0 Å². The monoisotopic (exact) mass is 383 g/mol. The predicted octanol–water partition coefficient (Wildman–Crippen LogP) is 4.37. The largest absolute Gasteiger partial charge is 0.496 e. The number of hydrogen-bond acceptors (Lipinski definition) is 3. The molecular weight excluding hydrogens is 365 g/mol. The van der Waals surface area contributed by atoms with Gasteiger partial charge < -0.3 is 14.8 Å². The number of halogens is 1. The molecule has 1 atom stereocenters. The van der Waals surface area contributed by atoms with Crippen molar-refractivity contribution in [2.45, 2.75) is 13.0 Å². The van der Waals surface area contributed by atoms with E-state index >= 15 is 0 Å². The number of hydrogen-bond donors (Lipinski definition) is 1. The minimum Gasteiger partial charge on any atom is -0.496 e. The van der Waals surface area contributed by atoms with Gasteiger partial charge in [-0.15, -0.1) is 0 Å². The zero-order valence-electron chi connectivity index (χ0n) is 11.8. The molecule has 0 aliphatic heterocycles. The maximum atomic E-state index is 6.03. The van der Waals surface area contributed by atoms with Gasteiger partial charge in [-0.2, -0.15) is 0 Å². The first-order chi connectivity index (χ1) is 9.65. The standard InChI is InChI=1S/C16H18INO2/c1-11(18-2)16-14(19-3)8-5-9-15(16)20-13-7-4-6-12(17)10-13/h4-11,18H,1-3H3. The van der Waals surface area contributed by atoms with E-state index in [2.05, 4.69) is 34.8 Å². The highest BCUT2D eigenvalue weighted by molar-refractivity contribution is 14.1. The van der Waals surface area contributed by atoms with Gasteiger partial charge in [0.25, 0.3) is 0 Å². The SMILES string of the molecule is CNC(C)c1c(OC)cccc1Oc1cccc(I)c1. The smallest absolute Gasteiger partial charge is 0.135 e. The van der Waals surface area contributed by atoms with Gasteiger partial charge in [0.2, 0.25) is 0 Å². The van der Waals surface area contributed by atoms with E-state index in [-0.39, 0.29) is 6.04 Å². The van der Waals surface area contributed by atoms with Crippen LogP contribution in [0.3, 0.4) is 0 Å². The summed E-state index contributed by atoms with van der Waals surface area (Å²) in [5, 5.41) is 3.23. The normalized spacial score (nSPS) is 12.0. The minimum atomic E-state index is 0.143. The first kappa shape index (κ1) is 15.1. The van der Waals surface area contributed by atoms with Crippen LogP contribution in [-0.2, 0) is 0 Å². The molecule has 0 saturated carbocycles. The average molecular weight is 383 g/mol. The fourth-order valence-electron chi connectivity index (χ4n) is 2.02. The van der Waals surface area contributed by atoms with Gasteiger partial charge in [-0.1, -0.05) is 12.1 Å². The average Bonchev–Trinajstić information content (AvgIpc) is 2.46. The fraction of sp³-hybridized carbons (Fsp3) is 0.250. The molecule has 0 bridgehead atoms. The molecule has 0 aliphatic carbocycles. The zero-order valence-corrected chi connectivity index (χ0v) is 14.0. The number of rotatable bonds is 5. The van der Waals surface area contributed by atoms with Crippen molar-refractivity contribution in [1.82, 2.24) is 5.32 Å². The van der Waals surface area contributed by atoms with Crippen LogP contribution in [0.5, 0.6) is 17.2 Å². The number of nitrogens with one attached hydrogen (secondary N) is 1. The number of benzene rings is 2. The highest BCUT2D eigenvalue weighted by Gasteiger charge is 2.16. The maximum absolute atomic E-state index is 6.03. The van der Waals surface area contributed by atoms with Gasteiger partial charge in [-0.25, -0.2) is 0 Å². The Kier molecular flexibility index (Phi) is 5.25. The molecule has 20 heavy (non-hydrogen) atoms. The summed E-state index contributed by atoms with van der Waals surface area (Å²) >= 11 is 2.27. The molecule has 1 unspecified atom stereocenters. The van der Waals surface area contributed by atoms with E-state index in [1.807, 2.05) is 49.5 Å². The van der Waals surface area contributed by atoms with Gasteiger partial charge in [0.1, 0.15) is 17.2 Å². The summed E-state index contributed by atoms with van der Waals surface area (Å²) in [5.41, 5.74) is 1.02. The second kappa shape index (κ2) is 6.95. The van der Waals surface area contributed by atoms with E-state index in [4.69, 9.17) is 9.47 Å². The zero-order chi connectivity index (χ0) is 14.5. The molecule has 4 heteroatoms. The lowest BCUT2D eigenvalue weighted by Crippen LogP contribution is -2.14. The molecule has 0 radical (unpaired) electrons.